The predicted molar refractivity (Wildman–Crippen MR) is 96.3 cm³/mol. The van der Waals surface area contributed by atoms with E-state index in [1.54, 1.807) is 20.9 Å². The van der Waals surface area contributed by atoms with Crippen molar-refractivity contribution in [3.63, 3.8) is 0 Å². The summed E-state index contributed by atoms with van der Waals surface area (Å²) in [5.74, 6) is 0.936. The molecule has 0 saturated carbocycles. The molecule has 0 aromatic heterocycles. The van der Waals surface area contributed by atoms with Crippen molar-refractivity contribution in [3.8, 4) is 5.75 Å². The maximum Gasteiger partial charge on any atom is 0.193 e. The van der Waals surface area contributed by atoms with Gasteiger partial charge in [0.2, 0.25) is 0 Å². The maximum atomic E-state index is 13.9. The van der Waals surface area contributed by atoms with Crippen LogP contribution in [0.4, 0.5) is 4.39 Å². The van der Waals surface area contributed by atoms with Crippen LogP contribution in [-0.2, 0) is 27.7 Å². The van der Waals surface area contributed by atoms with Gasteiger partial charge in [0.25, 0.3) is 0 Å². The van der Waals surface area contributed by atoms with Crippen LogP contribution >= 0.6 is 0 Å². The molecule has 26 heavy (non-hydrogen) atoms. The van der Waals surface area contributed by atoms with Gasteiger partial charge in [0, 0.05) is 37.8 Å². The highest BCUT2D eigenvalue weighted by molar-refractivity contribution is 7.92. The second-order valence-electron chi connectivity index (χ2n) is 7.06. The first-order valence-electron chi connectivity index (χ1n) is 8.43. The normalized spacial score (nSPS) is 21.7. The third-order valence-corrected chi connectivity index (χ3v) is 7.28. The van der Waals surface area contributed by atoms with Crippen LogP contribution < -0.4 is 10.1 Å². The van der Waals surface area contributed by atoms with Gasteiger partial charge in [-0.1, -0.05) is 0 Å². The highest BCUT2D eigenvalue weighted by Gasteiger charge is 2.41. The highest BCUT2D eigenvalue weighted by atomic mass is 32.2. The lowest BCUT2D eigenvalue weighted by molar-refractivity contribution is -0.0173. The molecule has 0 atom stereocenters. The van der Waals surface area contributed by atoms with Crippen molar-refractivity contribution in [3.05, 3.63) is 29.1 Å². The molecule has 9 heteroatoms. The second-order valence-corrected chi connectivity index (χ2v) is 9.81. The van der Waals surface area contributed by atoms with Crippen LogP contribution in [0.3, 0.4) is 0 Å². The van der Waals surface area contributed by atoms with Gasteiger partial charge >= 0.3 is 0 Å². The lowest BCUT2D eigenvalue weighted by atomic mass is 10.1. The number of rotatable bonds is 2. The average Bonchev–Trinajstić information content (AvgIpc) is 2.58. The summed E-state index contributed by atoms with van der Waals surface area (Å²) in [5, 5.41) is 3.19. The molecule has 7 nitrogen and oxygen atoms in total. The SMILES string of the molecule is CN=C(NCc1cc(F)cc2c1OCOC2)N1CCS(=O)(=O)C(C)(C)C1. The van der Waals surface area contributed by atoms with Gasteiger partial charge in [-0.3, -0.25) is 4.99 Å². The summed E-state index contributed by atoms with van der Waals surface area (Å²) in [5.41, 5.74) is 1.35. The monoisotopic (exact) mass is 385 g/mol. The fourth-order valence-electron chi connectivity index (χ4n) is 3.22. The highest BCUT2D eigenvalue weighted by Crippen LogP contribution is 2.29. The van der Waals surface area contributed by atoms with Crippen LogP contribution in [0.5, 0.6) is 5.75 Å². The molecular weight excluding hydrogens is 361 g/mol. The molecule has 1 fully saturated rings. The molecule has 1 saturated heterocycles. The molecule has 2 heterocycles. The molecule has 2 aliphatic rings. The summed E-state index contributed by atoms with van der Waals surface area (Å²) < 4.78 is 48.1. The summed E-state index contributed by atoms with van der Waals surface area (Å²) in [6.45, 7) is 4.93. The Kier molecular flexibility index (Phi) is 5.12. The Balaban J connectivity index is 1.74. The van der Waals surface area contributed by atoms with E-state index < -0.39 is 14.6 Å². The zero-order chi connectivity index (χ0) is 18.9. The molecule has 2 aliphatic heterocycles. The Hall–Kier alpha value is -1.87. The number of hydrogen-bond donors (Lipinski definition) is 1. The summed E-state index contributed by atoms with van der Waals surface area (Å²) in [4.78, 5) is 6.17. The van der Waals surface area contributed by atoms with E-state index in [-0.39, 0.29) is 18.4 Å². The Bertz CT molecular complexity index is 824. The van der Waals surface area contributed by atoms with E-state index in [0.717, 1.165) is 0 Å². The molecule has 1 N–H and O–H groups in total. The molecule has 3 rings (SSSR count). The fourth-order valence-corrected chi connectivity index (χ4v) is 4.58. The van der Waals surface area contributed by atoms with Gasteiger partial charge in [-0.15, -0.1) is 0 Å². The van der Waals surface area contributed by atoms with Crippen molar-refractivity contribution in [2.45, 2.75) is 31.7 Å². The van der Waals surface area contributed by atoms with E-state index in [1.807, 2.05) is 4.90 Å². The number of fused-ring (bicyclic) bond motifs is 1. The lowest BCUT2D eigenvalue weighted by Gasteiger charge is -2.39. The minimum absolute atomic E-state index is 0.0799. The third-order valence-electron chi connectivity index (χ3n) is 4.74. The second kappa shape index (κ2) is 7.03. The van der Waals surface area contributed by atoms with Crippen molar-refractivity contribution in [2.75, 3.05) is 32.7 Å². The summed E-state index contributed by atoms with van der Waals surface area (Å²) in [6.07, 6.45) is 0. The Morgan fingerprint density at radius 2 is 2.19 bits per heavy atom. The van der Waals surface area contributed by atoms with E-state index in [2.05, 4.69) is 10.3 Å². The lowest BCUT2D eigenvalue weighted by Crippen LogP contribution is -2.57. The number of nitrogens with one attached hydrogen (secondary N) is 1. The predicted octanol–water partition coefficient (Wildman–Crippen LogP) is 1.28. The maximum absolute atomic E-state index is 13.9. The van der Waals surface area contributed by atoms with Gasteiger partial charge in [0.15, 0.2) is 22.6 Å². The quantitative estimate of drug-likeness (QED) is 0.610. The summed E-state index contributed by atoms with van der Waals surface area (Å²) in [6, 6.07) is 2.83. The molecule has 0 amide bonds. The van der Waals surface area contributed by atoms with Crippen molar-refractivity contribution in [2.24, 2.45) is 4.99 Å². The number of nitrogens with zero attached hydrogens (tertiary/aromatic N) is 2. The van der Waals surface area contributed by atoms with Crippen molar-refractivity contribution in [1.82, 2.24) is 10.2 Å². The first kappa shape index (κ1) is 18.9. The molecule has 144 valence electrons. The largest absolute Gasteiger partial charge is 0.467 e. The van der Waals surface area contributed by atoms with Gasteiger partial charge in [-0.05, 0) is 26.0 Å². The van der Waals surface area contributed by atoms with E-state index >= 15 is 0 Å². The van der Waals surface area contributed by atoms with E-state index in [4.69, 9.17) is 9.47 Å². The van der Waals surface area contributed by atoms with Gasteiger partial charge < -0.3 is 19.7 Å². The summed E-state index contributed by atoms with van der Waals surface area (Å²) >= 11 is 0. The Morgan fingerprint density at radius 1 is 1.42 bits per heavy atom. The zero-order valence-corrected chi connectivity index (χ0v) is 16.0. The van der Waals surface area contributed by atoms with Crippen molar-refractivity contribution >= 4 is 15.8 Å². The van der Waals surface area contributed by atoms with E-state index in [1.165, 1.54) is 12.1 Å². The number of ether oxygens (including phenoxy) is 2. The molecular formula is C17H24FN3O4S. The number of hydrogen-bond acceptors (Lipinski definition) is 5. The van der Waals surface area contributed by atoms with Gasteiger partial charge in [0.05, 0.1) is 17.1 Å². The van der Waals surface area contributed by atoms with Crippen LogP contribution in [0.1, 0.15) is 25.0 Å². The molecule has 0 unspecified atom stereocenters. The Morgan fingerprint density at radius 3 is 2.88 bits per heavy atom. The molecule has 0 bridgehead atoms. The minimum atomic E-state index is -3.13. The zero-order valence-electron chi connectivity index (χ0n) is 15.2. The number of guanidine groups is 1. The summed E-state index contributed by atoms with van der Waals surface area (Å²) in [7, 11) is -1.49. The number of halogens is 1. The number of benzene rings is 1. The van der Waals surface area contributed by atoms with E-state index in [0.29, 0.717) is 49.1 Å². The van der Waals surface area contributed by atoms with Crippen LogP contribution in [0, 0.1) is 5.82 Å². The molecule has 0 aliphatic carbocycles. The third kappa shape index (κ3) is 3.64. The molecule has 0 spiro atoms. The van der Waals surface area contributed by atoms with Gasteiger partial charge in [0.1, 0.15) is 11.6 Å². The molecule has 0 radical (unpaired) electrons. The standard InChI is InChI=1S/C17H24FN3O4S/c1-17(2)10-21(4-5-26(17,22)23)16(19-3)20-8-12-6-14(18)7-13-9-24-11-25-15(12)13/h6-7H,4-5,8-11H2,1-3H3,(H,19,20). The van der Waals surface area contributed by atoms with Crippen molar-refractivity contribution in [1.29, 1.82) is 0 Å². The minimum Gasteiger partial charge on any atom is -0.467 e. The Labute approximate surface area is 153 Å². The number of sulfone groups is 1. The average molecular weight is 385 g/mol. The van der Waals surface area contributed by atoms with Crippen LogP contribution in [0.15, 0.2) is 17.1 Å². The van der Waals surface area contributed by atoms with Crippen LogP contribution in [0.2, 0.25) is 0 Å². The first-order chi connectivity index (χ1) is 12.2. The van der Waals surface area contributed by atoms with Crippen molar-refractivity contribution < 1.29 is 22.3 Å². The van der Waals surface area contributed by atoms with Crippen LogP contribution in [0.25, 0.3) is 0 Å². The fraction of sp³-hybridized carbons (Fsp3) is 0.588. The smallest absolute Gasteiger partial charge is 0.193 e. The first-order valence-corrected chi connectivity index (χ1v) is 10.1. The van der Waals surface area contributed by atoms with Crippen LogP contribution in [-0.4, -0.2) is 56.7 Å². The van der Waals surface area contributed by atoms with Gasteiger partial charge in [-0.25, -0.2) is 12.8 Å². The van der Waals surface area contributed by atoms with E-state index in [9.17, 15) is 12.8 Å². The molecule has 1 aromatic rings. The number of aliphatic imine (C=N–C) groups is 1. The topological polar surface area (TPSA) is 80.2 Å². The molecule has 1 aromatic carbocycles. The van der Waals surface area contributed by atoms with Gasteiger partial charge in [-0.2, -0.15) is 0 Å².